The number of hydrogen-bond acceptors (Lipinski definition) is 5. The lowest BCUT2D eigenvalue weighted by molar-refractivity contribution is 0.672. The van der Waals surface area contributed by atoms with Gasteiger partial charge in [-0.05, 0) is 80.4 Å². The smallest absolute Gasteiger partial charge is 0.169 e. The first-order valence-corrected chi connectivity index (χ1v) is 17.1. The van der Waals surface area contributed by atoms with E-state index < -0.39 is 6.17 Å². The van der Waals surface area contributed by atoms with Crippen LogP contribution in [0.25, 0.3) is 65.9 Å². The van der Waals surface area contributed by atoms with Gasteiger partial charge in [-0.15, -0.1) is 0 Å². The molecule has 0 fully saturated rings. The Balaban J connectivity index is 1.19. The van der Waals surface area contributed by atoms with Crippen molar-refractivity contribution in [2.24, 2.45) is 9.98 Å². The molecule has 0 saturated carbocycles. The molecule has 1 aliphatic heterocycles. The molecule has 0 bridgehead atoms. The molecular formula is C46H30N4O. The van der Waals surface area contributed by atoms with Crippen LogP contribution >= 0.6 is 0 Å². The molecule has 0 radical (unpaired) electrons. The maximum absolute atomic E-state index is 6.54. The van der Waals surface area contributed by atoms with Crippen LogP contribution in [0.2, 0.25) is 0 Å². The second-order valence-electron chi connectivity index (χ2n) is 12.9. The molecule has 5 heteroatoms. The largest absolute Gasteiger partial charge is 0.454 e. The fourth-order valence-corrected chi connectivity index (χ4v) is 7.32. The lowest BCUT2D eigenvalue weighted by atomic mass is 9.91. The topological polar surface area (TPSA) is 62.8 Å². The van der Waals surface area contributed by atoms with Crippen LogP contribution in [-0.2, 0) is 0 Å². The van der Waals surface area contributed by atoms with Crippen molar-refractivity contribution in [2.45, 2.75) is 6.17 Å². The van der Waals surface area contributed by atoms with Crippen LogP contribution in [0.4, 0.5) is 0 Å². The molecule has 2 aromatic heterocycles. The van der Waals surface area contributed by atoms with Crippen LogP contribution in [0.5, 0.6) is 0 Å². The molecule has 1 N–H and O–H groups in total. The molecule has 0 aliphatic carbocycles. The first kappa shape index (κ1) is 29.1. The molecule has 0 amide bonds. The predicted molar refractivity (Wildman–Crippen MR) is 209 cm³/mol. The van der Waals surface area contributed by atoms with Gasteiger partial charge in [0.2, 0.25) is 0 Å². The Hall–Kier alpha value is -6.85. The SMILES string of the molecule is c1ccc(C2=NC(c3cc(-c4cccc5ccc6c7ncccc7oc6c45)c4ccccc4c3)N=C(c3cccc(-c4ccccc4)c3)N2)cc1. The summed E-state index contributed by atoms with van der Waals surface area (Å²) in [5.41, 5.74) is 10.0. The highest BCUT2D eigenvalue weighted by molar-refractivity contribution is 6.20. The molecule has 1 unspecified atom stereocenters. The van der Waals surface area contributed by atoms with Gasteiger partial charge in [-0.1, -0.05) is 127 Å². The van der Waals surface area contributed by atoms with Crippen molar-refractivity contribution in [1.82, 2.24) is 10.3 Å². The summed E-state index contributed by atoms with van der Waals surface area (Å²) < 4.78 is 6.54. The van der Waals surface area contributed by atoms with Gasteiger partial charge in [-0.2, -0.15) is 0 Å². The standard InChI is InChI=1S/C46H30N4O/c1-3-12-29(13-4-1)32-18-9-19-34(26-32)45-48-44(31-14-5-2-6-15-31)49-46(50-45)35-27-33-16-7-8-20-36(33)39(28-35)37-21-10-17-30-23-24-38-42-40(22-11-25-47-42)51-43(38)41(30)37/h1-28,46H,(H,48,49,50). The summed E-state index contributed by atoms with van der Waals surface area (Å²) in [6.07, 6.45) is 1.34. The molecule has 240 valence electrons. The van der Waals surface area contributed by atoms with E-state index in [1.807, 2.05) is 42.6 Å². The Morgan fingerprint density at radius 1 is 0.490 bits per heavy atom. The molecule has 1 aliphatic rings. The minimum Gasteiger partial charge on any atom is -0.454 e. The van der Waals surface area contributed by atoms with E-state index >= 15 is 0 Å². The minimum absolute atomic E-state index is 0.481. The molecule has 0 saturated heterocycles. The van der Waals surface area contributed by atoms with E-state index in [1.165, 1.54) is 0 Å². The number of hydrogen-bond donors (Lipinski definition) is 1. The van der Waals surface area contributed by atoms with Crippen LogP contribution in [0.15, 0.2) is 184 Å². The first-order chi connectivity index (χ1) is 25.3. The first-order valence-electron chi connectivity index (χ1n) is 17.1. The number of nitrogens with zero attached hydrogens (tertiary/aromatic N) is 3. The summed E-state index contributed by atoms with van der Waals surface area (Å²) in [7, 11) is 0. The number of aliphatic imine (C=N–C) groups is 2. The Kier molecular flexibility index (Phi) is 6.81. The molecule has 7 aromatic carbocycles. The summed E-state index contributed by atoms with van der Waals surface area (Å²) in [5, 5.41) is 9.05. The minimum atomic E-state index is -0.481. The Labute approximate surface area is 294 Å². The van der Waals surface area contributed by atoms with E-state index in [0.717, 1.165) is 94.2 Å². The van der Waals surface area contributed by atoms with E-state index in [2.05, 4.69) is 138 Å². The summed E-state index contributed by atoms with van der Waals surface area (Å²) in [5.74, 6) is 1.56. The van der Waals surface area contributed by atoms with Crippen LogP contribution in [-0.4, -0.2) is 16.7 Å². The number of rotatable bonds is 5. The van der Waals surface area contributed by atoms with Gasteiger partial charge in [0.1, 0.15) is 22.8 Å². The fraction of sp³-hybridized carbons (Fsp3) is 0.0217. The van der Waals surface area contributed by atoms with Crippen LogP contribution in [0.1, 0.15) is 22.9 Å². The zero-order valence-electron chi connectivity index (χ0n) is 27.5. The number of furan rings is 1. The Bertz CT molecular complexity index is 2840. The van der Waals surface area contributed by atoms with E-state index in [0.29, 0.717) is 0 Å². The van der Waals surface area contributed by atoms with Gasteiger partial charge in [-0.3, -0.25) is 4.98 Å². The van der Waals surface area contributed by atoms with E-state index in [-0.39, 0.29) is 0 Å². The van der Waals surface area contributed by atoms with Gasteiger partial charge in [-0.25, -0.2) is 9.98 Å². The van der Waals surface area contributed by atoms with Crippen molar-refractivity contribution >= 4 is 55.3 Å². The van der Waals surface area contributed by atoms with Crippen molar-refractivity contribution in [3.8, 4) is 22.3 Å². The number of aromatic nitrogens is 1. The number of fused-ring (bicyclic) bond motifs is 6. The van der Waals surface area contributed by atoms with Gasteiger partial charge in [0, 0.05) is 28.1 Å². The lowest BCUT2D eigenvalue weighted by Crippen LogP contribution is -2.36. The van der Waals surface area contributed by atoms with Crippen molar-refractivity contribution in [3.63, 3.8) is 0 Å². The predicted octanol–water partition coefficient (Wildman–Crippen LogP) is 11.1. The van der Waals surface area contributed by atoms with Crippen molar-refractivity contribution in [2.75, 3.05) is 0 Å². The fourth-order valence-electron chi connectivity index (χ4n) is 7.32. The highest BCUT2D eigenvalue weighted by Crippen LogP contribution is 2.42. The number of pyridine rings is 1. The zero-order chi connectivity index (χ0) is 33.7. The maximum Gasteiger partial charge on any atom is 0.169 e. The van der Waals surface area contributed by atoms with E-state index in [4.69, 9.17) is 14.4 Å². The number of nitrogens with one attached hydrogen (secondary N) is 1. The van der Waals surface area contributed by atoms with Gasteiger partial charge in [0.15, 0.2) is 11.7 Å². The zero-order valence-corrected chi connectivity index (χ0v) is 27.5. The van der Waals surface area contributed by atoms with E-state index in [1.54, 1.807) is 0 Å². The highest BCUT2D eigenvalue weighted by atomic mass is 16.3. The van der Waals surface area contributed by atoms with Crippen LogP contribution < -0.4 is 5.32 Å². The van der Waals surface area contributed by atoms with Crippen LogP contribution in [0, 0.1) is 0 Å². The highest BCUT2D eigenvalue weighted by Gasteiger charge is 2.23. The van der Waals surface area contributed by atoms with Crippen molar-refractivity contribution < 1.29 is 4.42 Å². The molecular weight excluding hydrogens is 625 g/mol. The molecule has 5 nitrogen and oxygen atoms in total. The summed E-state index contributed by atoms with van der Waals surface area (Å²) in [4.78, 5) is 15.2. The average molecular weight is 655 g/mol. The maximum atomic E-state index is 6.54. The van der Waals surface area contributed by atoms with Gasteiger partial charge in [0.25, 0.3) is 0 Å². The van der Waals surface area contributed by atoms with E-state index in [9.17, 15) is 0 Å². The van der Waals surface area contributed by atoms with Crippen LogP contribution in [0.3, 0.4) is 0 Å². The molecule has 51 heavy (non-hydrogen) atoms. The monoisotopic (exact) mass is 654 g/mol. The number of amidine groups is 2. The van der Waals surface area contributed by atoms with Gasteiger partial charge >= 0.3 is 0 Å². The molecule has 3 heterocycles. The number of benzene rings is 7. The second-order valence-corrected chi connectivity index (χ2v) is 12.9. The van der Waals surface area contributed by atoms with Gasteiger partial charge in [0.05, 0.1) is 0 Å². The van der Waals surface area contributed by atoms with Gasteiger partial charge < -0.3 is 9.73 Å². The van der Waals surface area contributed by atoms with Crippen molar-refractivity contribution in [1.29, 1.82) is 0 Å². The second kappa shape index (κ2) is 11.9. The normalized spacial score (nSPS) is 14.5. The van der Waals surface area contributed by atoms with Crippen molar-refractivity contribution in [3.05, 3.63) is 187 Å². The Morgan fingerprint density at radius 3 is 2.06 bits per heavy atom. The molecule has 10 rings (SSSR count). The quantitative estimate of drug-likeness (QED) is 0.201. The molecule has 0 spiro atoms. The summed E-state index contributed by atoms with van der Waals surface area (Å²) >= 11 is 0. The molecule has 9 aromatic rings. The third-order valence-electron chi connectivity index (χ3n) is 9.74. The summed E-state index contributed by atoms with van der Waals surface area (Å²) in [6.45, 7) is 0. The lowest BCUT2D eigenvalue weighted by Gasteiger charge is -2.23. The third-order valence-corrected chi connectivity index (χ3v) is 9.74. The third kappa shape index (κ3) is 5.06. The molecule has 1 atom stereocenters. The average Bonchev–Trinajstić information content (AvgIpc) is 3.60. The Morgan fingerprint density at radius 2 is 1.20 bits per heavy atom. The summed E-state index contributed by atoms with van der Waals surface area (Å²) in [6, 6.07) is 57.0.